The van der Waals surface area contributed by atoms with Crippen molar-refractivity contribution >= 4 is 0 Å². The fourth-order valence-corrected chi connectivity index (χ4v) is 1.82. The first-order chi connectivity index (χ1) is 6.22. The van der Waals surface area contributed by atoms with Gasteiger partial charge in [-0.3, -0.25) is 0 Å². The van der Waals surface area contributed by atoms with E-state index in [1.165, 1.54) is 25.7 Å². The van der Waals surface area contributed by atoms with Gasteiger partial charge in [-0.25, -0.2) is 4.39 Å². The Morgan fingerprint density at radius 1 is 1.38 bits per heavy atom. The van der Waals surface area contributed by atoms with E-state index in [-0.39, 0.29) is 0 Å². The zero-order valence-electron chi connectivity index (χ0n) is 8.30. The van der Waals surface area contributed by atoms with Crippen molar-refractivity contribution in [2.24, 2.45) is 5.92 Å². The van der Waals surface area contributed by atoms with Crippen molar-refractivity contribution in [1.29, 1.82) is 0 Å². The summed E-state index contributed by atoms with van der Waals surface area (Å²) >= 11 is 0. The molecule has 0 aliphatic heterocycles. The number of aliphatic hydroxyl groups is 1. The molecule has 0 amide bonds. The van der Waals surface area contributed by atoms with E-state index in [4.69, 9.17) is 5.11 Å². The average molecular weight is 189 g/mol. The summed E-state index contributed by atoms with van der Waals surface area (Å²) in [7, 11) is 0. The second-order valence-corrected chi connectivity index (χ2v) is 4.17. The Labute approximate surface area is 79.5 Å². The van der Waals surface area contributed by atoms with Gasteiger partial charge in [-0.2, -0.15) is 0 Å². The van der Waals surface area contributed by atoms with Crippen LogP contribution in [-0.4, -0.2) is 30.5 Å². The summed E-state index contributed by atoms with van der Waals surface area (Å²) in [6.45, 7) is 2.03. The summed E-state index contributed by atoms with van der Waals surface area (Å²) in [6.07, 6.45) is 4.02. The van der Waals surface area contributed by atoms with Crippen molar-refractivity contribution in [2.75, 3.05) is 13.2 Å². The third-order valence-electron chi connectivity index (χ3n) is 2.84. The lowest BCUT2D eigenvalue weighted by molar-refractivity contribution is 0.130. The molecule has 0 radical (unpaired) electrons. The molecule has 3 heteroatoms. The minimum atomic E-state index is -0.820. The maximum Gasteiger partial charge on any atom is 0.117 e. The molecule has 0 aromatic heterocycles. The second-order valence-electron chi connectivity index (χ2n) is 4.17. The number of rotatable bonds is 4. The lowest BCUT2D eigenvalue weighted by Crippen LogP contribution is -2.38. The zero-order valence-corrected chi connectivity index (χ0v) is 8.30. The predicted molar refractivity (Wildman–Crippen MR) is 51.4 cm³/mol. The largest absolute Gasteiger partial charge is 0.389 e. The Balaban J connectivity index is 2.08. The van der Waals surface area contributed by atoms with Gasteiger partial charge in [-0.1, -0.05) is 6.92 Å². The van der Waals surface area contributed by atoms with Crippen LogP contribution in [0.25, 0.3) is 0 Å². The molecule has 1 atom stereocenters. The van der Waals surface area contributed by atoms with Crippen molar-refractivity contribution < 1.29 is 9.50 Å². The first kappa shape index (κ1) is 10.9. The molecule has 2 nitrogen and oxygen atoms in total. The highest BCUT2D eigenvalue weighted by Gasteiger charge is 2.18. The third kappa shape index (κ3) is 4.05. The molecule has 0 aromatic rings. The molecule has 0 aromatic carbocycles. The normalized spacial score (nSPS) is 31.6. The first-order valence-corrected chi connectivity index (χ1v) is 5.19. The maximum absolute atomic E-state index is 11.9. The van der Waals surface area contributed by atoms with E-state index in [2.05, 4.69) is 12.2 Å². The SMILES string of the molecule is CC1CCC(NCC(O)CF)CC1. The van der Waals surface area contributed by atoms with Gasteiger partial charge >= 0.3 is 0 Å². The number of hydrogen-bond acceptors (Lipinski definition) is 2. The van der Waals surface area contributed by atoms with Crippen LogP contribution in [0.5, 0.6) is 0 Å². The molecule has 2 N–H and O–H groups in total. The second kappa shape index (κ2) is 5.55. The fraction of sp³-hybridized carbons (Fsp3) is 1.00. The van der Waals surface area contributed by atoms with Gasteiger partial charge in [0.2, 0.25) is 0 Å². The molecular weight excluding hydrogens is 169 g/mol. The van der Waals surface area contributed by atoms with Crippen LogP contribution >= 0.6 is 0 Å². The Kier molecular flexibility index (Phi) is 4.67. The Bertz CT molecular complexity index is 135. The minimum absolute atomic E-state index is 0.398. The molecule has 78 valence electrons. The van der Waals surface area contributed by atoms with Crippen molar-refractivity contribution in [3.63, 3.8) is 0 Å². The number of hydrogen-bond donors (Lipinski definition) is 2. The number of nitrogens with one attached hydrogen (secondary N) is 1. The first-order valence-electron chi connectivity index (χ1n) is 5.19. The van der Waals surface area contributed by atoms with E-state index in [0.717, 1.165) is 5.92 Å². The van der Waals surface area contributed by atoms with Crippen LogP contribution in [0.15, 0.2) is 0 Å². The summed E-state index contributed by atoms with van der Waals surface area (Å²) in [5, 5.41) is 12.2. The highest BCUT2D eigenvalue weighted by atomic mass is 19.1. The molecule has 1 fully saturated rings. The van der Waals surface area contributed by atoms with Gasteiger partial charge in [0.25, 0.3) is 0 Å². The highest BCUT2D eigenvalue weighted by Crippen LogP contribution is 2.23. The van der Waals surface area contributed by atoms with Gasteiger partial charge in [0, 0.05) is 12.6 Å². The van der Waals surface area contributed by atoms with Crippen LogP contribution < -0.4 is 5.32 Å². The molecule has 1 unspecified atom stereocenters. The summed E-state index contributed by atoms with van der Waals surface area (Å²) < 4.78 is 11.9. The monoisotopic (exact) mass is 189 g/mol. The number of halogens is 1. The van der Waals surface area contributed by atoms with Crippen molar-refractivity contribution in [3.8, 4) is 0 Å². The van der Waals surface area contributed by atoms with Crippen LogP contribution in [0.4, 0.5) is 4.39 Å². The Morgan fingerprint density at radius 3 is 2.54 bits per heavy atom. The molecular formula is C10H20FNO. The van der Waals surface area contributed by atoms with E-state index in [1.807, 2.05) is 0 Å². The predicted octanol–water partition coefficient (Wildman–Crippen LogP) is 1.49. The van der Waals surface area contributed by atoms with Crippen LogP contribution in [0.3, 0.4) is 0 Å². The molecule has 1 saturated carbocycles. The van der Waals surface area contributed by atoms with E-state index in [1.54, 1.807) is 0 Å². The van der Waals surface area contributed by atoms with E-state index in [9.17, 15) is 4.39 Å². The quantitative estimate of drug-likeness (QED) is 0.702. The number of alkyl halides is 1. The van der Waals surface area contributed by atoms with E-state index >= 15 is 0 Å². The van der Waals surface area contributed by atoms with Crippen LogP contribution in [-0.2, 0) is 0 Å². The van der Waals surface area contributed by atoms with Gasteiger partial charge in [0.05, 0.1) is 6.10 Å². The van der Waals surface area contributed by atoms with Gasteiger partial charge in [-0.05, 0) is 31.6 Å². The topological polar surface area (TPSA) is 32.3 Å². The van der Waals surface area contributed by atoms with Crippen molar-refractivity contribution in [1.82, 2.24) is 5.32 Å². The Hall–Kier alpha value is -0.150. The zero-order chi connectivity index (χ0) is 9.68. The van der Waals surface area contributed by atoms with Gasteiger partial charge in [-0.15, -0.1) is 0 Å². The van der Waals surface area contributed by atoms with Crippen molar-refractivity contribution in [2.45, 2.75) is 44.8 Å². The standard InChI is InChI=1S/C10H20FNO/c1-8-2-4-9(5-3-8)12-7-10(13)6-11/h8-10,12-13H,2-7H2,1H3. The minimum Gasteiger partial charge on any atom is -0.389 e. The van der Waals surface area contributed by atoms with Crippen LogP contribution in [0.1, 0.15) is 32.6 Å². The molecule has 0 spiro atoms. The highest BCUT2D eigenvalue weighted by molar-refractivity contribution is 4.76. The summed E-state index contributed by atoms with van der Waals surface area (Å²) in [5.41, 5.74) is 0. The van der Waals surface area contributed by atoms with E-state index in [0.29, 0.717) is 12.6 Å². The molecule has 0 bridgehead atoms. The van der Waals surface area contributed by atoms with Gasteiger partial charge in [0.1, 0.15) is 6.67 Å². The summed E-state index contributed by atoms with van der Waals surface area (Å²) in [5.74, 6) is 0.837. The lowest BCUT2D eigenvalue weighted by Gasteiger charge is -2.27. The van der Waals surface area contributed by atoms with Crippen LogP contribution in [0, 0.1) is 5.92 Å². The van der Waals surface area contributed by atoms with Gasteiger partial charge in [0.15, 0.2) is 0 Å². The third-order valence-corrected chi connectivity index (χ3v) is 2.84. The lowest BCUT2D eigenvalue weighted by atomic mass is 9.87. The van der Waals surface area contributed by atoms with Crippen LogP contribution in [0.2, 0.25) is 0 Å². The smallest absolute Gasteiger partial charge is 0.117 e. The maximum atomic E-state index is 11.9. The fourth-order valence-electron chi connectivity index (χ4n) is 1.82. The summed E-state index contributed by atoms with van der Waals surface area (Å²) in [6, 6.07) is 0.498. The number of aliphatic hydroxyl groups excluding tert-OH is 1. The summed E-state index contributed by atoms with van der Waals surface area (Å²) in [4.78, 5) is 0. The molecule has 0 saturated heterocycles. The molecule has 1 aliphatic rings. The molecule has 1 rings (SSSR count). The Morgan fingerprint density at radius 2 is 2.00 bits per heavy atom. The molecule has 0 heterocycles. The molecule has 1 aliphatic carbocycles. The van der Waals surface area contributed by atoms with E-state index < -0.39 is 12.8 Å². The molecule has 13 heavy (non-hydrogen) atoms. The average Bonchev–Trinajstić information content (AvgIpc) is 2.16. The van der Waals surface area contributed by atoms with Gasteiger partial charge < -0.3 is 10.4 Å². The van der Waals surface area contributed by atoms with Crippen molar-refractivity contribution in [3.05, 3.63) is 0 Å².